The molecule has 1 aliphatic heterocycles. The number of aromatic nitrogens is 2. The van der Waals surface area contributed by atoms with Crippen LogP contribution in [0.5, 0.6) is 0 Å². The summed E-state index contributed by atoms with van der Waals surface area (Å²) < 4.78 is 1.63. The van der Waals surface area contributed by atoms with Gasteiger partial charge in [-0.05, 0) is 50.1 Å². The van der Waals surface area contributed by atoms with Crippen LogP contribution in [0.4, 0.5) is 0 Å². The van der Waals surface area contributed by atoms with Gasteiger partial charge in [0, 0.05) is 18.2 Å². The van der Waals surface area contributed by atoms with E-state index in [0.29, 0.717) is 0 Å². The quantitative estimate of drug-likeness (QED) is 0.907. The van der Waals surface area contributed by atoms with Crippen LogP contribution in [0, 0.1) is 13.8 Å². The lowest BCUT2D eigenvalue weighted by atomic mass is 10.0. The van der Waals surface area contributed by atoms with Crippen LogP contribution in [0.1, 0.15) is 23.6 Å². The summed E-state index contributed by atoms with van der Waals surface area (Å²) >= 11 is 0. The Morgan fingerprint density at radius 1 is 1.20 bits per heavy atom. The van der Waals surface area contributed by atoms with Crippen LogP contribution in [0.3, 0.4) is 0 Å². The van der Waals surface area contributed by atoms with Crippen molar-refractivity contribution in [3.05, 3.63) is 51.8 Å². The molecule has 2 aromatic rings. The second-order valence-electron chi connectivity index (χ2n) is 5.45. The first-order valence-corrected chi connectivity index (χ1v) is 7.03. The largest absolute Gasteiger partial charge is 0.315 e. The van der Waals surface area contributed by atoms with Crippen molar-refractivity contribution < 1.29 is 0 Å². The SMILES string of the molecule is Cc1ccc(-c2ccc(=O)n(C3CCNC3)n2)cc1C. The van der Waals surface area contributed by atoms with Crippen molar-refractivity contribution in [2.24, 2.45) is 0 Å². The highest BCUT2D eigenvalue weighted by atomic mass is 16.1. The van der Waals surface area contributed by atoms with Crippen molar-refractivity contribution >= 4 is 0 Å². The monoisotopic (exact) mass is 269 g/mol. The number of rotatable bonds is 2. The molecule has 104 valence electrons. The van der Waals surface area contributed by atoms with Gasteiger partial charge in [0.05, 0.1) is 11.7 Å². The van der Waals surface area contributed by atoms with Crippen LogP contribution >= 0.6 is 0 Å². The van der Waals surface area contributed by atoms with Gasteiger partial charge in [-0.1, -0.05) is 12.1 Å². The third-order valence-corrected chi connectivity index (χ3v) is 4.01. The maximum Gasteiger partial charge on any atom is 0.267 e. The number of hydrogen-bond donors (Lipinski definition) is 1. The van der Waals surface area contributed by atoms with E-state index in [0.717, 1.165) is 30.8 Å². The number of hydrogen-bond acceptors (Lipinski definition) is 3. The molecule has 1 unspecified atom stereocenters. The summed E-state index contributed by atoms with van der Waals surface area (Å²) in [4.78, 5) is 12.0. The molecule has 1 aromatic carbocycles. The lowest BCUT2D eigenvalue weighted by molar-refractivity contribution is 0.467. The maximum absolute atomic E-state index is 12.0. The molecule has 4 nitrogen and oxygen atoms in total. The van der Waals surface area contributed by atoms with Crippen molar-refractivity contribution in [1.29, 1.82) is 0 Å². The van der Waals surface area contributed by atoms with Gasteiger partial charge in [0.15, 0.2) is 0 Å². The van der Waals surface area contributed by atoms with Crippen LogP contribution in [0.25, 0.3) is 11.3 Å². The molecule has 20 heavy (non-hydrogen) atoms. The van der Waals surface area contributed by atoms with Crippen molar-refractivity contribution in [1.82, 2.24) is 15.1 Å². The zero-order valence-corrected chi connectivity index (χ0v) is 11.9. The van der Waals surface area contributed by atoms with Gasteiger partial charge in [-0.3, -0.25) is 4.79 Å². The van der Waals surface area contributed by atoms with Crippen molar-refractivity contribution in [3.8, 4) is 11.3 Å². The highest BCUT2D eigenvalue weighted by Crippen LogP contribution is 2.20. The summed E-state index contributed by atoms with van der Waals surface area (Å²) in [6.07, 6.45) is 0.962. The normalized spacial score (nSPS) is 18.4. The predicted octanol–water partition coefficient (Wildman–Crippen LogP) is 2.06. The van der Waals surface area contributed by atoms with E-state index < -0.39 is 0 Å². The summed E-state index contributed by atoms with van der Waals surface area (Å²) in [5.41, 5.74) is 4.41. The van der Waals surface area contributed by atoms with E-state index in [2.05, 4.69) is 42.5 Å². The van der Waals surface area contributed by atoms with Gasteiger partial charge in [-0.15, -0.1) is 0 Å². The Balaban J connectivity index is 2.03. The molecule has 1 aliphatic rings. The molecule has 4 heteroatoms. The minimum Gasteiger partial charge on any atom is -0.315 e. The first-order chi connectivity index (χ1) is 9.65. The van der Waals surface area contributed by atoms with Crippen molar-refractivity contribution in [2.45, 2.75) is 26.3 Å². The summed E-state index contributed by atoms with van der Waals surface area (Å²) in [5.74, 6) is 0. The predicted molar refractivity (Wildman–Crippen MR) is 79.9 cm³/mol. The number of nitrogens with zero attached hydrogens (tertiary/aromatic N) is 2. The first-order valence-electron chi connectivity index (χ1n) is 7.03. The van der Waals surface area contributed by atoms with E-state index in [4.69, 9.17) is 0 Å². The van der Waals surface area contributed by atoms with Gasteiger partial charge in [0.25, 0.3) is 5.56 Å². The van der Waals surface area contributed by atoms with Crippen LogP contribution < -0.4 is 10.9 Å². The summed E-state index contributed by atoms with van der Waals surface area (Å²) in [6, 6.07) is 9.89. The zero-order chi connectivity index (χ0) is 14.1. The molecule has 0 bridgehead atoms. The van der Waals surface area contributed by atoms with Gasteiger partial charge in [0.1, 0.15) is 0 Å². The second-order valence-corrected chi connectivity index (χ2v) is 5.45. The Morgan fingerprint density at radius 2 is 2.05 bits per heavy atom. The molecule has 0 saturated carbocycles. The molecule has 2 heterocycles. The molecule has 1 saturated heterocycles. The van der Waals surface area contributed by atoms with E-state index in [-0.39, 0.29) is 11.6 Å². The minimum atomic E-state index is -0.0220. The fourth-order valence-electron chi connectivity index (χ4n) is 2.59. The summed E-state index contributed by atoms with van der Waals surface area (Å²) in [7, 11) is 0. The van der Waals surface area contributed by atoms with Gasteiger partial charge in [-0.2, -0.15) is 5.10 Å². The summed E-state index contributed by atoms with van der Waals surface area (Å²) in [6.45, 7) is 5.96. The average molecular weight is 269 g/mol. The first kappa shape index (κ1) is 13.1. The van der Waals surface area contributed by atoms with Gasteiger partial charge >= 0.3 is 0 Å². The fourth-order valence-corrected chi connectivity index (χ4v) is 2.59. The van der Waals surface area contributed by atoms with Gasteiger partial charge < -0.3 is 5.32 Å². The number of benzene rings is 1. The molecule has 0 aliphatic carbocycles. The molecule has 1 N–H and O–H groups in total. The molecule has 1 aromatic heterocycles. The van der Waals surface area contributed by atoms with Crippen LogP contribution in [0.15, 0.2) is 35.1 Å². The summed E-state index contributed by atoms with van der Waals surface area (Å²) in [5, 5.41) is 7.83. The molecular weight excluding hydrogens is 250 g/mol. The Hall–Kier alpha value is -1.94. The van der Waals surface area contributed by atoms with Gasteiger partial charge in [-0.25, -0.2) is 4.68 Å². The van der Waals surface area contributed by atoms with Crippen LogP contribution in [0.2, 0.25) is 0 Å². The molecule has 0 radical (unpaired) electrons. The Kier molecular flexibility index (Phi) is 3.40. The smallest absolute Gasteiger partial charge is 0.267 e. The molecule has 0 spiro atoms. The molecular formula is C16H19N3O. The standard InChI is InChI=1S/C16H19N3O/c1-11-3-4-13(9-12(11)2)15-5-6-16(20)19(18-15)14-7-8-17-10-14/h3-6,9,14,17H,7-8,10H2,1-2H3. The van der Waals surface area contributed by atoms with Crippen LogP contribution in [-0.2, 0) is 0 Å². The molecule has 1 atom stereocenters. The van der Waals surface area contributed by atoms with Crippen LogP contribution in [-0.4, -0.2) is 22.9 Å². The highest BCUT2D eigenvalue weighted by Gasteiger charge is 2.18. The van der Waals surface area contributed by atoms with E-state index in [1.807, 2.05) is 6.07 Å². The Morgan fingerprint density at radius 3 is 2.75 bits per heavy atom. The topological polar surface area (TPSA) is 46.9 Å². The van der Waals surface area contributed by atoms with E-state index in [1.54, 1.807) is 10.7 Å². The molecule has 0 amide bonds. The highest BCUT2D eigenvalue weighted by molar-refractivity contribution is 5.60. The maximum atomic E-state index is 12.0. The third kappa shape index (κ3) is 2.39. The Labute approximate surface area is 118 Å². The number of nitrogens with one attached hydrogen (secondary N) is 1. The number of aryl methyl sites for hydroxylation is 2. The molecule has 3 rings (SSSR count). The Bertz CT molecular complexity index is 684. The minimum absolute atomic E-state index is 0.0220. The fraction of sp³-hybridized carbons (Fsp3) is 0.375. The van der Waals surface area contributed by atoms with E-state index in [1.165, 1.54) is 11.1 Å². The third-order valence-electron chi connectivity index (χ3n) is 4.01. The second kappa shape index (κ2) is 5.21. The van der Waals surface area contributed by atoms with Gasteiger partial charge in [0.2, 0.25) is 0 Å². The van der Waals surface area contributed by atoms with E-state index in [9.17, 15) is 4.79 Å². The van der Waals surface area contributed by atoms with Crippen molar-refractivity contribution in [3.63, 3.8) is 0 Å². The van der Waals surface area contributed by atoms with Crippen molar-refractivity contribution in [2.75, 3.05) is 13.1 Å². The lowest BCUT2D eigenvalue weighted by Crippen LogP contribution is -2.28. The van der Waals surface area contributed by atoms with E-state index >= 15 is 0 Å². The average Bonchev–Trinajstić information content (AvgIpc) is 2.96. The zero-order valence-electron chi connectivity index (χ0n) is 11.9. The molecule has 1 fully saturated rings. The lowest BCUT2D eigenvalue weighted by Gasteiger charge is -2.13.